The Morgan fingerprint density at radius 1 is 1.27 bits per heavy atom. The number of aryl methyl sites for hydroxylation is 2. The van der Waals surface area contributed by atoms with Gasteiger partial charge >= 0.3 is 0 Å². The zero-order valence-electron chi connectivity index (χ0n) is 16.0. The summed E-state index contributed by atoms with van der Waals surface area (Å²) in [7, 11) is 5.34. The van der Waals surface area contributed by atoms with Crippen LogP contribution in [-0.2, 0) is 13.5 Å². The van der Waals surface area contributed by atoms with Crippen LogP contribution in [0.2, 0.25) is 0 Å². The highest BCUT2D eigenvalue weighted by molar-refractivity contribution is 5.79. The second-order valence-corrected chi connectivity index (χ2v) is 6.09. The Hall–Kier alpha value is -2.70. The molecule has 0 amide bonds. The number of nitrogens with one attached hydrogen (secondary N) is 2. The third kappa shape index (κ3) is 6.31. The van der Waals surface area contributed by atoms with Crippen LogP contribution in [0, 0.1) is 0 Å². The van der Waals surface area contributed by atoms with E-state index in [-0.39, 0.29) is 6.10 Å². The van der Waals surface area contributed by atoms with Crippen molar-refractivity contribution < 1.29 is 9.47 Å². The Morgan fingerprint density at radius 3 is 2.69 bits per heavy atom. The molecular formula is C19H29N5O2. The molecule has 2 rings (SSSR count). The monoisotopic (exact) mass is 359 g/mol. The summed E-state index contributed by atoms with van der Waals surface area (Å²) >= 11 is 0. The highest BCUT2D eigenvalue weighted by atomic mass is 16.5. The van der Waals surface area contributed by atoms with Crippen molar-refractivity contribution in [1.29, 1.82) is 0 Å². The minimum Gasteiger partial charge on any atom is -0.493 e. The van der Waals surface area contributed by atoms with E-state index < -0.39 is 0 Å². The second-order valence-electron chi connectivity index (χ2n) is 6.09. The zero-order chi connectivity index (χ0) is 18.8. The molecule has 2 aromatic rings. The quantitative estimate of drug-likeness (QED) is 0.407. The number of aliphatic imine (C=N–C) groups is 1. The minimum atomic E-state index is -0.0276. The van der Waals surface area contributed by atoms with Crippen LogP contribution in [0.4, 0.5) is 0 Å². The minimum absolute atomic E-state index is 0.0276. The lowest BCUT2D eigenvalue weighted by atomic mass is 10.2. The standard InChI is InChI=1S/C19H29N5O2/c1-15(26-18-10-6-5-9-17(18)25-4)12-22-19(20-2)21-11-7-8-16-13-23-24(3)14-16/h5-6,9-10,13-15H,7-8,11-12H2,1-4H3,(H2,20,21,22). The highest BCUT2D eigenvalue weighted by Crippen LogP contribution is 2.26. The van der Waals surface area contributed by atoms with E-state index in [0.29, 0.717) is 6.54 Å². The summed E-state index contributed by atoms with van der Waals surface area (Å²) in [6.07, 6.45) is 5.93. The first-order valence-corrected chi connectivity index (χ1v) is 8.84. The van der Waals surface area contributed by atoms with E-state index in [0.717, 1.165) is 36.8 Å². The number of hydrogen-bond donors (Lipinski definition) is 2. The van der Waals surface area contributed by atoms with E-state index in [2.05, 4.69) is 20.7 Å². The van der Waals surface area contributed by atoms with Crippen LogP contribution >= 0.6 is 0 Å². The van der Waals surface area contributed by atoms with Gasteiger partial charge in [0, 0.05) is 26.8 Å². The Morgan fingerprint density at radius 2 is 2.04 bits per heavy atom. The lowest BCUT2D eigenvalue weighted by molar-refractivity contribution is 0.213. The molecule has 0 saturated carbocycles. The molecule has 0 aliphatic heterocycles. The van der Waals surface area contributed by atoms with Crippen molar-refractivity contribution >= 4 is 5.96 Å². The number of guanidine groups is 1. The van der Waals surface area contributed by atoms with Gasteiger partial charge < -0.3 is 20.1 Å². The van der Waals surface area contributed by atoms with Crippen LogP contribution in [0.1, 0.15) is 18.9 Å². The Labute approximate surface area is 155 Å². The van der Waals surface area contributed by atoms with E-state index >= 15 is 0 Å². The molecule has 1 unspecified atom stereocenters. The summed E-state index contributed by atoms with van der Waals surface area (Å²) in [6, 6.07) is 7.64. The summed E-state index contributed by atoms with van der Waals surface area (Å²) in [5, 5.41) is 10.8. The fraction of sp³-hybridized carbons (Fsp3) is 0.474. The SMILES string of the molecule is CN=C(NCCCc1cnn(C)c1)NCC(C)Oc1ccccc1OC. The molecule has 1 aromatic heterocycles. The Bertz CT molecular complexity index is 699. The van der Waals surface area contributed by atoms with E-state index in [1.165, 1.54) is 5.56 Å². The van der Waals surface area contributed by atoms with Crippen LogP contribution in [-0.4, -0.2) is 49.1 Å². The van der Waals surface area contributed by atoms with Gasteiger partial charge in [0.25, 0.3) is 0 Å². The van der Waals surface area contributed by atoms with Crippen LogP contribution in [0.5, 0.6) is 11.5 Å². The lowest BCUT2D eigenvalue weighted by Gasteiger charge is -2.19. The number of ether oxygens (including phenoxy) is 2. The smallest absolute Gasteiger partial charge is 0.191 e. The van der Waals surface area contributed by atoms with E-state index in [4.69, 9.17) is 9.47 Å². The average Bonchev–Trinajstić information content (AvgIpc) is 3.06. The molecule has 0 saturated heterocycles. The van der Waals surface area contributed by atoms with E-state index in [9.17, 15) is 0 Å². The number of rotatable bonds is 9. The van der Waals surface area contributed by atoms with E-state index in [1.807, 2.05) is 55.3 Å². The maximum Gasteiger partial charge on any atom is 0.191 e. The molecule has 0 spiro atoms. The average molecular weight is 359 g/mol. The van der Waals surface area contributed by atoms with Crippen molar-refractivity contribution in [2.24, 2.45) is 12.0 Å². The van der Waals surface area contributed by atoms with Crippen LogP contribution in [0.15, 0.2) is 41.7 Å². The van der Waals surface area contributed by atoms with E-state index in [1.54, 1.807) is 14.2 Å². The third-order valence-electron chi connectivity index (χ3n) is 3.87. The summed E-state index contributed by atoms with van der Waals surface area (Å²) in [6.45, 7) is 3.49. The number of methoxy groups -OCH3 is 1. The predicted octanol–water partition coefficient (Wildman–Crippen LogP) is 1.99. The topological polar surface area (TPSA) is 72.7 Å². The van der Waals surface area contributed by atoms with Gasteiger partial charge in [-0.05, 0) is 37.5 Å². The number of nitrogens with zero attached hydrogens (tertiary/aromatic N) is 3. The van der Waals surface area contributed by atoms with Gasteiger partial charge in [-0.1, -0.05) is 12.1 Å². The fourth-order valence-electron chi connectivity index (χ4n) is 2.54. The Balaban J connectivity index is 1.69. The van der Waals surface area contributed by atoms with Crippen molar-refractivity contribution in [3.8, 4) is 11.5 Å². The first kappa shape index (κ1) is 19.6. The van der Waals surface area contributed by atoms with Crippen molar-refractivity contribution in [2.75, 3.05) is 27.2 Å². The first-order chi connectivity index (χ1) is 12.6. The molecule has 1 aromatic carbocycles. The molecule has 0 radical (unpaired) electrons. The molecule has 0 bridgehead atoms. The van der Waals surface area contributed by atoms with Crippen molar-refractivity contribution in [2.45, 2.75) is 25.9 Å². The van der Waals surface area contributed by atoms with Crippen LogP contribution in [0.3, 0.4) is 0 Å². The van der Waals surface area contributed by atoms with Gasteiger partial charge in [-0.25, -0.2) is 0 Å². The normalized spacial score (nSPS) is 12.5. The van der Waals surface area contributed by atoms with Crippen molar-refractivity contribution in [1.82, 2.24) is 20.4 Å². The summed E-state index contributed by atoms with van der Waals surface area (Å²) in [5.74, 6) is 2.24. The van der Waals surface area contributed by atoms with Crippen molar-refractivity contribution in [3.05, 3.63) is 42.2 Å². The van der Waals surface area contributed by atoms with Crippen molar-refractivity contribution in [3.63, 3.8) is 0 Å². The van der Waals surface area contributed by atoms with Gasteiger partial charge in [0.1, 0.15) is 6.10 Å². The largest absolute Gasteiger partial charge is 0.493 e. The molecule has 26 heavy (non-hydrogen) atoms. The molecule has 142 valence electrons. The zero-order valence-corrected chi connectivity index (χ0v) is 16.0. The molecule has 7 heteroatoms. The Kier molecular flexibility index (Phi) is 7.79. The van der Waals surface area contributed by atoms with Gasteiger partial charge in [-0.3, -0.25) is 9.67 Å². The second kappa shape index (κ2) is 10.3. The van der Waals surface area contributed by atoms with Crippen LogP contribution < -0.4 is 20.1 Å². The number of para-hydroxylation sites is 2. The third-order valence-corrected chi connectivity index (χ3v) is 3.87. The molecule has 2 N–H and O–H groups in total. The fourth-order valence-corrected chi connectivity index (χ4v) is 2.54. The molecular weight excluding hydrogens is 330 g/mol. The number of aromatic nitrogens is 2. The molecule has 7 nitrogen and oxygen atoms in total. The van der Waals surface area contributed by atoms with Crippen LogP contribution in [0.25, 0.3) is 0 Å². The molecule has 1 heterocycles. The maximum absolute atomic E-state index is 5.94. The molecule has 0 aliphatic rings. The van der Waals surface area contributed by atoms with Gasteiger partial charge in [0.05, 0.1) is 19.9 Å². The summed E-state index contributed by atoms with van der Waals surface area (Å²) in [4.78, 5) is 4.25. The van der Waals surface area contributed by atoms with Gasteiger partial charge in [-0.2, -0.15) is 5.10 Å². The molecule has 1 atom stereocenters. The first-order valence-electron chi connectivity index (χ1n) is 8.84. The summed E-state index contributed by atoms with van der Waals surface area (Å²) < 4.78 is 13.1. The maximum atomic E-state index is 5.94. The predicted molar refractivity (Wildman–Crippen MR) is 104 cm³/mol. The lowest BCUT2D eigenvalue weighted by Crippen LogP contribution is -2.42. The highest BCUT2D eigenvalue weighted by Gasteiger charge is 2.09. The number of hydrogen-bond acceptors (Lipinski definition) is 4. The number of benzene rings is 1. The molecule has 0 aliphatic carbocycles. The van der Waals surface area contributed by atoms with Gasteiger partial charge in [0.15, 0.2) is 17.5 Å². The van der Waals surface area contributed by atoms with Gasteiger partial charge in [-0.15, -0.1) is 0 Å². The van der Waals surface area contributed by atoms with Gasteiger partial charge in [0.2, 0.25) is 0 Å². The molecule has 0 fully saturated rings. The summed E-state index contributed by atoms with van der Waals surface area (Å²) in [5.41, 5.74) is 1.25.